The highest BCUT2D eigenvalue weighted by atomic mass is 16.2. The Balaban J connectivity index is 1.60. The van der Waals surface area contributed by atoms with Gasteiger partial charge in [0.1, 0.15) is 12.1 Å². The van der Waals surface area contributed by atoms with Crippen LogP contribution in [-0.2, 0) is 15.1 Å². The van der Waals surface area contributed by atoms with Gasteiger partial charge in [-0.2, -0.15) is 0 Å². The average Bonchev–Trinajstić information content (AvgIpc) is 2.88. The van der Waals surface area contributed by atoms with Crippen molar-refractivity contribution < 1.29 is 19.2 Å². The topological polar surface area (TPSA) is 108 Å². The molecule has 156 valence electrons. The minimum Gasteiger partial charge on any atom is -0.335 e. The van der Waals surface area contributed by atoms with Crippen LogP contribution in [0.2, 0.25) is 0 Å². The lowest BCUT2D eigenvalue weighted by Crippen LogP contribution is -2.50. The van der Waals surface area contributed by atoms with Crippen molar-refractivity contribution in [3.63, 3.8) is 0 Å². The zero-order chi connectivity index (χ0) is 21.2. The van der Waals surface area contributed by atoms with Crippen molar-refractivity contribution in [2.75, 3.05) is 6.54 Å². The summed E-state index contributed by atoms with van der Waals surface area (Å²) in [7, 11) is 0. The predicted molar refractivity (Wildman–Crippen MR) is 107 cm³/mol. The Kier molecular flexibility index (Phi) is 5.91. The van der Waals surface area contributed by atoms with E-state index in [2.05, 4.69) is 22.9 Å². The molecule has 6 amide bonds. The highest BCUT2D eigenvalue weighted by Gasteiger charge is 2.49. The van der Waals surface area contributed by atoms with Crippen molar-refractivity contribution in [1.29, 1.82) is 0 Å². The molecule has 1 heterocycles. The molecule has 1 saturated carbocycles. The van der Waals surface area contributed by atoms with E-state index in [4.69, 9.17) is 0 Å². The number of amides is 6. The van der Waals surface area contributed by atoms with Crippen LogP contribution in [0, 0.1) is 12.8 Å². The van der Waals surface area contributed by atoms with Crippen LogP contribution in [0.1, 0.15) is 50.7 Å². The van der Waals surface area contributed by atoms with Gasteiger partial charge in [0, 0.05) is 6.04 Å². The number of urea groups is 2. The Labute approximate surface area is 170 Å². The molecule has 8 heteroatoms. The molecular formula is C21H28N4O4. The Hall–Kier alpha value is -2.90. The van der Waals surface area contributed by atoms with Crippen molar-refractivity contribution in [2.24, 2.45) is 5.92 Å². The molecular weight excluding hydrogens is 372 g/mol. The van der Waals surface area contributed by atoms with E-state index >= 15 is 0 Å². The smallest absolute Gasteiger partial charge is 0.325 e. The van der Waals surface area contributed by atoms with Gasteiger partial charge in [-0.15, -0.1) is 0 Å². The first kappa shape index (κ1) is 20.8. The third kappa shape index (κ3) is 4.41. The zero-order valence-electron chi connectivity index (χ0n) is 17.1. The molecule has 0 spiro atoms. The molecule has 1 aromatic rings. The molecule has 1 aliphatic heterocycles. The second-order valence-electron chi connectivity index (χ2n) is 8.20. The van der Waals surface area contributed by atoms with Gasteiger partial charge < -0.3 is 10.6 Å². The van der Waals surface area contributed by atoms with Crippen LogP contribution in [0.25, 0.3) is 0 Å². The molecule has 3 N–H and O–H groups in total. The normalized spacial score (nSPS) is 26.8. The van der Waals surface area contributed by atoms with Gasteiger partial charge in [-0.05, 0) is 38.2 Å². The Morgan fingerprint density at radius 2 is 1.83 bits per heavy atom. The largest absolute Gasteiger partial charge is 0.335 e. The third-order valence-corrected chi connectivity index (χ3v) is 5.89. The highest BCUT2D eigenvalue weighted by molar-refractivity contribution is 6.10. The predicted octanol–water partition coefficient (Wildman–Crippen LogP) is 2.17. The number of aryl methyl sites for hydroxylation is 1. The van der Waals surface area contributed by atoms with Gasteiger partial charge in [0.25, 0.3) is 5.91 Å². The molecule has 2 fully saturated rings. The average molecular weight is 400 g/mol. The minimum absolute atomic E-state index is 0.0260. The van der Waals surface area contributed by atoms with E-state index in [1.54, 1.807) is 19.1 Å². The van der Waals surface area contributed by atoms with Crippen LogP contribution in [0.5, 0.6) is 0 Å². The quantitative estimate of drug-likeness (QED) is 0.673. The van der Waals surface area contributed by atoms with Crippen LogP contribution >= 0.6 is 0 Å². The van der Waals surface area contributed by atoms with Crippen LogP contribution in [0.15, 0.2) is 24.3 Å². The van der Waals surface area contributed by atoms with Crippen molar-refractivity contribution in [3.8, 4) is 0 Å². The minimum atomic E-state index is -1.25. The van der Waals surface area contributed by atoms with E-state index in [-0.39, 0.29) is 6.04 Å². The molecule has 0 unspecified atom stereocenters. The maximum Gasteiger partial charge on any atom is 0.325 e. The molecule has 0 radical (unpaired) electrons. The summed E-state index contributed by atoms with van der Waals surface area (Å²) in [6, 6.07) is 6.03. The monoisotopic (exact) mass is 400 g/mol. The van der Waals surface area contributed by atoms with Crippen molar-refractivity contribution in [1.82, 2.24) is 20.9 Å². The maximum atomic E-state index is 12.9. The lowest BCUT2D eigenvalue weighted by atomic mass is 9.86. The van der Waals surface area contributed by atoms with E-state index in [0.717, 1.165) is 36.1 Å². The van der Waals surface area contributed by atoms with E-state index in [1.807, 2.05) is 19.1 Å². The fourth-order valence-electron chi connectivity index (χ4n) is 3.97. The van der Waals surface area contributed by atoms with Crippen LogP contribution in [-0.4, -0.2) is 41.4 Å². The fraction of sp³-hybridized carbons (Fsp3) is 0.524. The fourth-order valence-corrected chi connectivity index (χ4v) is 3.97. The molecule has 1 aromatic carbocycles. The number of hydrogen-bond donors (Lipinski definition) is 3. The van der Waals surface area contributed by atoms with E-state index in [0.29, 0.717) is 11.5 Å². The van der Waals surface area contributed by atoms with Gasteiger partial charge in [0.15, 0.2) is 0 Å². The van der Waals surface area contributed by atoms with Crippen LogP contribution < -0.4 is 16.0 Å². The summed E-state index contributed by atoms with van der Waals surface area (Å²) in [5, 5.41) is 7.70. The molecule has 1 aliphatic carbocycles. The molecule has 8 nitrogen and oxygen atoms in total. The summed E-state index contributed by atoms with van der Waals surface area (Å²) in [6.07, 6.45) is 4.11. The molecule has 3 atom stereocenters. The summed E-state index contributed by atoms with van der Waals surface area (Å²) in [5.41, 5.74) is 0.419. The Bertz CT molecular complexity index is 822. The SMILES string of the molecule is Cc1ccc([C@]2(C)NC(=O)N(CC(=O)NC(=O)N[C@H]3CCCC[C@@H]3C)C2=O)cc1. The number of benzene rings is 1. The molecule has 2 aliphatic rings. The van der Waals surface area contributed by atoms with Gasteiger partial charge in [-0.1, -0.05) is 49.6 Å². The lowest BCUT2D eigenvalue weighted by Gasteiger charge is -2.29. The number of carbonyl (C=O) groups is 4. The number of nitrogens with one attached hydrogen (secondary N) is 3. The summed E-state index contributed by atoms with van der Waals surface area (Å²) >= 11 is 0. The number of nitrogens with zero attached hydrogens (tertiary/aromatic N) is 1. The third-order valence-electron chi connectivity index (χ3n) is 5.89. The Morgan fingerprint density at radius 3 is 2.48 bits per heavy atom. The van der Waals surface area contributed by atoms with Gasteiger partial charge in [-0.25, -0.2) is 9.59 Å². The summed E-state index contributed by atoms with van der Waals surface area (Å²) in [4.78, 5) is 50.4. The van der Waals surface area contributed by atoms with Crippen molar-refractivity contribution in [3.05, 3.63) is 35.4 Å². The number of carbonyl (C=O) groups excluding carboxylic acids is 4. The second-order valence-corrected chi connectivity index (χ2v) is 8.20. The first-order chi connectivity index (χ1) is 13.7. The molecule has 29 heavy (non-hydrogen) atoms. The summed E-state index contributed by atoms with van der Waals surface area (Å²) < 4.78 is 0. The Morgan fingerprint density at radius 1 is 1.17 bits per heavy atom. The lowest BCUT2D eigenvalue weighted by molar-refractivity contribution is -0.134. The molecule has 0 aromatic heterocycles. The first-order valence-corrected chi connectivity index (χ1v) is 10.0. The molecule has 0 bridgehead atoms. The standard InChI is InChI=1S/C21H28N4O4/c1-13-8-10-15(11-9-13)21(3)18(27)25(20(29)24-21)12-17(26)23-19(28)22-16-7-5-4-6-14(16)2/h8-11,14,16H,4-7,12H2,1-3H3,(H,24,29)(H2,22,23,26,28)/t14-,16-,21-/m0/s1. The van der Waals surface area contributed by atoms with Crippen LogP contribution in [0.3, 0.4) is 0 Å². The molecule has 1 saturated heterocycles. The molecule has 3 rings (SSSR count). The highest BCUT2D eigenvalue weighted by Crippen LogP contribution is 2.29. The summed E-state index contributed by atoms with van der Waals surface area (Å²) in [5.74, 6) is -0.879. The van der Waals surface area contributed by atoms with Gasteiger partial charge >= 0.3 is 12.1 Å². The van der Waals surface area contributed by atoms with Crippen molar-refractivity contribution in [2.45, 2.75) is 58.0 Å². The zero-order valence-corrected chi connectivity index (χ0v) is 17.1. The second kappa shape index (κ2) is 8.23. The van der Waals surface area contributed by atoms with E-state index in [1.165, 1.54) is 0 Å². The summed E-state index contributed by atoms with van der Waals surface area (Å²) in [6.45, 7) is 5.09. The number of hydrogen-bond acceptors (Lipinski definition) is 4. The van der Waals surface area contributed by atoms with Crippen molar-refractivity contribution >= 4 is 23.9 Å². The van der Waals surface area contributed by atoms with Gasteiger partial charge in [0.05, 0.1) is 0 Å². The van der Waals surface area contributed by atoms with E-state index < -0.39 is 36.0 Å². The van der Waals surface area contributed by atoms with E-state index in [9.17, 15) is 19.2 Å². The maximum absolute atomic E-state index is 12.9. The number of imide groups is 2. The van der Waals surface area contributed by atoms with Crippen LogP contribution in [0.4, 0.5) is 9.59 Å². The number of rotatable bonds is 4. The first-order valence-electron chi connectivity index (χ1n) is 10.0. The van der Waals surface area contributed by atoms with Gasteiger partial charge in [0.2, 0.25) is 5.91 Å². The van der Waals surface area contributed by atoms with Gasteiger partial charge in [-0.3, -0.25) is 19.8 Å².